The number of pyridine rings is 1. The first-order valence-electron chi connectivity index (χ1n) is 17.5. The molecule has 2 amide bonds. The van der Waals surface area contributed by atoms with Crippen molar-refractivity contribution >= 4 is 11.8 Å². The molecule has 2 saturated carbocycles. The minimum absolute atomic E-state index is 0.00552. The molecule has 1 spiro atoms. The molecule has 2 atom stereocenters. The predicted molar refractivity (Wildman–Crippen MR) is 177 cm³/mol. The topological polar surface area (TPSA) is 86.1 Å². The lowest BCUT2D eigenvalue weighted by Crippen LogP contribution is -2.62. The summed E-state index contributed by atoms with van der Waals surface area (Å²) in [7, 11) is 2.06. The lowest BCUT2D eigenvalue weighted by Gasteiger charge is -2.53. The van der Waals surface area contributed by atoms with Crippen LogP contribution < -0.4 is 5.56 Å². The molecule has 1 N–H and O–H groups in total. The first kappa shape index (κ1) is 32.0. The minimum atomic E-state index is -1.14. The zero-order chi connectivity index (χ0) is 31.6. The quantitative estimate of drug-likeness (QED) is 0.472. The second kappa shape index (κ2) is 13.4. The molecule has 0 unspecified atom stereocenters. The molecule has 8 nitrogen and oxygen atoms in total. The number of piperidine rings is 1. The van der Waals surface area contributed by atoms with Crippen molar-refractivity contribution in [1.82, 2.24) is 19.3 Å². The summed E-state index contributed by atoms with van der Waals surface area (Å²) < 4.78 is 1.58. The van der Waals surface area contributed by atoms with Crippen LogP contribution in [-0.4, -0.2) is 88.1 Å². The Morgan fingerprint density at radius 3 is 2.29 bits per heavy atom. The zero-order valence-electron chi connectivity index (χ0n) is 27.4. The summed E-state index contributed by atoms with van der Waals surface area (Å²) in [4.78, 5) is 47.6. The van der Waals surface area contributed by atoms with Gasteiger partial charge in [-0.05, 0) is 44.2 Å². The van der Waals surface area contributed by atoms with Crippen LogP contribution in [0.2, 0.25) is 0 Å². The van der Waals surface area contributed by atoms with E-state index in [0.717, 1.165) is 50.8 Å². The van der Waals surface area contributed by atoms with E-state index in [0.29, 0.717) is 49.6 Å². The van der Waals surface area contributed by atoms with Gasteiger partial charge in [-0.2, -0.15) is 0 Å². The highest BCUT2D eigenvalue weighted by Gasteiger charge is 2.56. The van der Waals surface area contributed by atoms with Gasteiger partial charge in [-0.3, -0.25) is 14.4 Å². The highest BCUT2D eigenvalue weighted by molar-refractivity contribution is 6.00. The summed E-state index contributed by atoms with van der Waals surface area (Å²) in [6, 6.07) is 11.2. The molecule has 2 aliphatic heterocycles. The van der Waals surface area contributed by atoms with E-state index in [4.69, 9.17) is 0 Å². The second-order valence-electron chi connectivity index (χ2n) is 14.7. The maximum Gasteiger partial charge on any atom is 0.256 e. The molecule has 4 fully saturated rings. The Labute approximate surface area is 268 Å². The molecule has 8 heteroatoms. The summed E-state index contributed by atoms with van der Waals surface area (Å²) in [5.41, 5.74) is 0.155. The van der Waals surface area contributed by atoms with Gasteiger partial charge in [0.1, 0.15) is 0 Å². The average Bonchev–Trinajstić information content (AvgIpc) is 3.54. The molecule has 2 saturated heterocycles. The molecule has 4 aliphatic rings. The van der Waals surface area contributed by atoms with Crippen molar-refractivity contribution in [2.75, 3.05) is 46.3 Å². The van der Waals surface area contributed by atoms with Crippen LogP contribution in [0.1, 0.15) is 87.9 Å². The number of piperazine rings is 1. The van der Waals surface area contributed by atoms with Crippen LogP contribution in [0.3, 0.4) is 0 Å². The maximum absolute atomic E-state index is 14.0. The summed E-state index contributed by atoms with van der Waals surface area (Å²) in [6.07, 6.45) is 13.1. The number of aromatic nitrogens is 1. The molecule has 1 aromatic carbocycles. The monoisotopic (exact) mass is 616 g/mol. The molecular formula is C37H52N4O4. The van der Waals surface area contributed by atoms with E-state index < -0.39 is 11.0 Å². The number of likely N-dealkylation sites (N-methyl/N-ethyl adjacent to an activating group) is 1. The lowest BCUT2D eigenvalue weighted by molar-refractivity contribution is -0.163. The Balaban J connectivity index is 1.26. The van der Waals surface area contributed by atoms with Gasteiger partial charge >= 0.3 is 0 Å². The van der Waals surface area contributed by atoms with Crippen molar-refractivity contribution in [2.24, 2.45) is 17.3 Å². The number of carbonyl (C=O) groups excluding carboxylic acids is 2. The van der Waals surface area contributed by atoms with Crippen LogP contribution in [0.4, 0.5) is 0 Å². The number of hydrogen-bond acceptors (Lipinski definition) is 5. The third kappa shape index (κ3) is 6.64. The van der Waals surface area contributed by atoms with Crippen LogP contribution in [-0.2, 0) is 11.3 Å². The molecule has 244 valence electrons. The highest BCUT2D eigenvalue weighted by Crippen LogP contribution is 2.52. The van der Waals surface area contributed by atoms with Crippen LogP contribution in [0, 0.1) is 17.3 Å². The fraction of sp³-hybridized carbons (Fsp3) is 0.649. The Hall–Kier alpha value is -2.97. The number of nitrogens with zero attached hydrogens (tertiary/aromatic N) is 4. The molecule has 0 radical (unpaired) electrons. The van der Waals surface area contributed by atoms with Crippen LogP contribution in [0.15, 0.2) is 47.4 Å². The van der Waals surface area contributed by atoms with E-state index >= 15 is 0 Å². The first-order valence-corrected chi connectivity index (χ1v) is 17.5. The Bertz CT molecular complexity index is 1400. The Morgan fingerprint density at radius 2 is 1.60 bits per heavy atom. The van der Waals surface area contributed by atoms with E-state index in [2.05, 4.69) is 18.9 Å². The van der Waals surface area contributed by atoms with E-state index in [1.165, 1.54) is 32.1 Å². The number of hydrogen-bond donors (Lipinski definition) is 1. The molecule has 6 rings (SSSR count). The molecular weight excluding hydrogens is 564 g/mol. The van der Waals surface area contributed by atoms with Crippen molar-refractivity contribution in [1.29, 1.82) is 0 Å². The van der Waals surface area contributed by atoms with Gasteiger partial charge in [-0.15, -0.1) is 0 Å². The smallest absolute Gasteiger partial charge is 0.256 e. The summed E-state index contributed by atoms with van der Waals surface area (Å²) in [6.45, 7) is 6.15. The zero-order valence-corrected chi connectivity index (χ0v) is 27.4. The van der Waals surface area contributed by atoms with Gasteiger partial charge in [0.05, 0.1) is 17.7 Å². The second-order valence-corrected chi connectivity index (χ2v) is 14.7. The maximum atomic E-state index is 14.0. The summed E-state index contributed by atoms with van der Waals surface area (Å²) in [5.74, 6) is 0.784. The number of likely N-dealkylation sites (tertiary alicyclic amines) is 1. The number of rotatable bonds is 7. The summed E-state index contributed by atoms with van der Waals surface area (Å²) >= 11 is 0. The molecule has 3 heterocycles. The van der Waals surface area contributed by atoms with Crippen molar-refractivity contribution in [3.8, 4) is 11.1 Å². The molecule has 2 aromatic rings. The molecule has 0 bridgehead atoms. The molecule has 45 heavy (non-hydrogen) atoms. The first-order chi connectivity index (χ1) is 21.7. The van der Waals surface area contributed by atoms with Gasteiger partial charge in [0.25, 0.3) is 11.5 Å². The standard InChI is InChI=1S/C37H52N4O4/c1-28(23-29-11-5-3-6-12-29)34(43)40-18-17-37(45,36(26-40)15-9-10-16-36)27-41-25-32(35(44)39-21-19-38(2)20-22-39)31(24-33(41)42)30-13-7-4-8-14-30/h4,7-8,13-14,24-25,28-29,45H,3,5-6,9-12,15-23,26-27H2,1-2H3/t28-,37-/m1/s1. The third-order valence-corrected chi connectivity index (χ3v) is 11.6. The number of carbonyl (C=O) groups is 2. The van der Waals surface area contributed by atoms with Gasteiger partial charge in [0, 0.05) is 68.4 Å². The Kier molecular flexibility index (Phi) is 9.53. The van der Waals surface area contributed by atoms with Gasteiger partial charge in [-0.1, -0.05) is 82.2 Å². The van der Waals surface area contributed by atoms with Crippen molar-refractivity contribution in [2.45, 2.75) is 89.7 Å². The third-order valence-electron chi connectivity index (χ3n) is 11.6. The fourth-order valence-corrected chi connectivity index (χ4v) is 8.81. The van der Waals surface area contributed by atoms with E-state index in [9.17, 15) is 19.5 Å². The van der Waals surface area contributed by atoms with Crippen molar-refractivity contribution < 1.29 is 14.7 Å². The fourth-order valence-electron chi connectivity index (χ4n) is 8.81. The highest BCUT2D eigenvalue weighted by atomic mass is 16.3. The molecule has 2 aliphatic carbocycles. The van der Waals surface area contributed by atoms with E-state index in [1.807, 2.05) is 40.1 Å². The van der Waals surface area contributed by atoms with E-state index in [1.54, 1.807) is 16.8 Å². The number of benzene rings is 1. The molecule has 1 aromatic heterocycles. The predicted octanol–water partition coefficient (Wildman–Crippen LogP) is 5.03. The average molecular weight is 617 g/mol. The van der Waals surface area contributed by atoms with Gasteiger partial charge in [0.2, 0.25) is 5.91 Å². The largest absolute Gasteiger partial charge is 0.387 e. The van der Waals surface area contributed by atoms with Crippen molar-refractivity contribution in [3.63, 3.8) is 0 Å². The normalized spacial score (nSPS) is 25.0. The van der Waals surface area contributed by atoms with Gasteiger partial charge in [0.15, 0.2) is 0 Å². The number of amides is 2. The Morgan fingerprint density at radius 1 is 0.911 bits per heavy atom. The van der Waals surface area contributed by atoms with Crippen LogP contribution in [0.25, 0.3) is 11.1 Å². The van der Waals surface area contributed by atoms with E-state index in [-0.39, 0.29) is 29.8 Å². The SMILES string of the molecule is C[C@H](CC1CCCCC1)C(=O)N1CC[C@@](O)(Cn2cc(C(=O)N3CCN(C)CC3)c(-c3ccccc3)cc2=O)C2(CCCC2)C1. The van der Waals surface area contributed by atoms with Crippen LogP contribution in [0.5, 0.6) is 0 Å². The number of aliphatic hydroxyl groups is 1. The minimum Gasteiger partial charge on any atom is -0.387 e. The van der Waals surface area contributed by atoms with Crippen LogP contribution >= 0.6 is 0 Å². The van der Waals surface area contributed by atoms with Crippen molar-refractivity contribution in [3.05, 3.63) is 58.5 Å². The van der Waals surface area contributed by atoms with Gasteiger partial charge < -0.3 is 24.4 Å². The summed E-state index contributed by atoms with van der Waals surface area (Å²) in [5, 5.41) is 12.5. The lowest BCUT2D eigenvalue weighted by atomic mass is 9.65. The van der Waals surface area contributed by atoms with Gasteiger partial charge in [-0.25, -0.2) is 0 Å².